The van der Waals surface area contributed by atoms with Gasteiger partial charge in [-0.2, -0.15) is 16.1 Å². The number of hydrogen-bond donors (Lipinski definition) is 1. The molecule has 1 aromatic carbocycles. The Bertz CT molecular complexity index is 532. The molecule has 6 heteroatoms. The van der Waals surface area contributed by atoms with E-state index in [1.165, 1.54) is 4.31 Å². The summed E-state index contributed by atoms with van der Waals surface area (Å²) in [5.74, 6) is 0.768. The standard InChI is InChI=1S/C14H24N2O2S2/c1-5-14(15)12-7-6-8-13(9-12)20(17,18)16(3)11(2)10-19-4/h6-9,11,14H,5,10,15H2,1-4H3. The zero-order valence-corrected chi connectivity index (χ0v) is 14.2. The van der Waals surface area contributed by atoms with Crippen molar-refractivity contribution in [3.8, 4) is 0 Å². The number of benzene rings is 1. The van der Waals surface area contributed by atoms with Crippen molar-refractivity contribution < 1.29 is 8.42 Å². The molecule has 0 aromatic heterocycles. The third-order valence-corrected chi connectivity index (χ3v) is 6.22. The van der Waals surface area contributed by atoms with Crippen LogP contribution in [-0.2, 0) is 10.0 Å². The molecule has 2 N–H and O–H groups in total. The Labute approximate surface area is 126 Å². The molecule has 114 valence electrons. The highest BCUT2D eigenvalue weighted by atomic mass is 32.2. The highest BCUT2D eigenvalue weighted by Crippen LogP contribution is 2.22. The summed E-state index contributed by atoms with van der Waals surface area (Å²) in [6.45, 7) is 3.90. The smallest absolute Gasteiger partial charge is 0.243 e. The van der Waals surface area contributed by atoms with Gasteiger partial charge < -0.3 is 5.73 Å². The maximum Gasteiger partial charge on any atom is 0.243 e. The fourth-order valence-electron chi connectivity index (χ4n) is 1.89. The Balaban J connectivity index is 3.09. The maximum absolute atomic E-state index is 12.6. The molecule has 0 saturated heterocycles. The van der Waals surface area contributed by atoms with Crippen molar-refractivity contribution in [3.05, 3.63) is 29.8 Å². The Hall–Kier alpha value is -0.560. The van der Waals surface area contributed by atoms with Crippen LogP contribution in [0.4, 0.5) is 0 Å². The third kappa shape index (κ3) is 3.97. The van der Waals surface area contributed by atoms with E-state index in [0.29, 0.717) is 4.90 Å². The zero-order valence-electron chi connectivity index (χ0n) is 12.5. The first kappa shape index (κ1) is 17.5. The van der Waals surface area contributed by atoms with Crippen molar-refractivity contribution in [2.75, 3.05) is 19.1 Å². The molecular formula is C14H24N2O2S2. The van der Waals surface area contributed by atoms with Gasteiger partial charge >= 0.3 is 0 Å². The zero-order chi connectivity index (χ0) is 15.3. The van der Waals surface area contributed by atoms with Gasteiger partial charge in [0, 0.05) is 24.9 Å². The van der Waals surface area contributed by atoms with E-state index < -0.39 is 10.0 Å². The Kier molecular flexibility index (Phi) is 6.51. The molecule has 0 heterocycles. The molecule has 0 saturated carbocycles. The summed E-state index contributed by atoms with van der Waals surface area (Å²) in [5.41, 5.74) is 6.84. The van der Waals surface area contributed by atoms with Crippen molar-refractivity contribution in [2.24, 2.45) is 5.73 Å². The van der Waals surface area contributed by atoms with Gasteiger partial charge in [0.25, 0.3) is 0 Å². The van der Waals surface area contributed by atoms with Gasteiger partial charge in [0.2, 0.25) is 10.0 Å². The number of nitrogens with two attached hydrogens (primary N) is 1. The van der Waals surface area contributed by atoms with E-state index in [0.717, 1.165) is 17.7 Å². The lowest BCUT2D eigenvalue weighted by Gasteiger charge is -2.24. The molecule has 20 heavy (non-hydrogen) atoms. The molecule has 0 bridgehead atoms. The lowest BCUT2D eigenvalue weighted by Crippen LogP contribution is -2.36. The topological polar surface area (TPSA) is 63.4 Å². The van der Waals surface area contributed by atoms with Crippen LogP contribution >= 0.6 is 11.8 Å². The number of thioether (sulfide) groups is 1. The summed E-state index contributed by atoms with van der Waals surface area (Å²) in [6, 6.07) is 6.77. The minimum atomic E-state index is -3.46. The number of hydrogen-bond acceptors (Lipinski definition) is 4. The lowest BCUT2D eigenvalue weighted by atomic mass is 10.1. The molecule has 0 amide bonds. The minimum absolute atomic E-state index is 0.0431. The van der Waals surface area contributed by atoms with Crippen LogP contribution in [0.2, 0.25) is 0 Å². The van der Waals surface area contributed by atoms with Crippen molar-refractivity contribution >= 4 is 21.8 Å². The van der Waals surface area contributed by atoms with Gasteiger partial charge in [-0.05, 0) is 37.3 Å². The van der Waals surface area contributed by atoms with Crippen molar-refractivity contribution in [1.82, 2.24) is 4.31 Å². The molecule has 0 spiro atoms. The van der Waals surface area contributed by atoms with Crippen LogP contribution in [0.1, 0.15) is 31.9 Å². The average molecular weight is 316 g/mol. The number of rotatable bonds is 7. The van der Waals surface area contributed by atoms with Gasteiger partial charge in [-0.1, -0.05) is 19.1 Å². The van der Waals surface area contributed by atoms with Gasteiger partial charge in [-0.25, -0.2) is 8.42 Å². The lowest BCUT2D eigenvalue weighted by molar-refractivity contribution is 0.415. The SMILES string of the molecule is CCC(N)c1cccc(S(=O)(=O)N(C)C(C)CSC)c1. The molecule has 0 aliphatic rings. The molecule has 2 unspecified atom stereocenters. The van der Waals surface area contributed by atoms with Crippen molar-refractivity contribution in [1.29, 1.82) is 0 Å². The summed E-state index contributed by atoms with van der Waals surface area (Å²) in [7, 11) is -1.83. The van der Waals surface area contributed by atoms with Gasteiger partial charge in [-0.3, -0.25) is 0 Å². The summed E-state index contributed by atoms with van der Waals surface area (Å²) in [6.07, 6.45) is 2.75. The second kappa shape index (κ2) is 7.45. The van der Waals surface area contributed by atoms with E-state index in [1.54, 1.807) is 37.0 Å². The van der Waals surface area contributed by atoms with Crippen LogP contribution in [-0.4, -0.2) is 37.8 Å². The quantitative estimate of drug-likeness (QED) is 0.839. The van der Waals surface area contributed by atoms with Gasteiger partial charge in [-0.15, -0.1) is 0 Å². The molecule has 0 radical (unpaired) electrons. The summed E-state index contributed by atoms with van der Waals surface area (Å²) >= 11 is 1.63. The summed E-state index contributed by atoms with van der Waals surface area (Å²) in [5, 5.41) is 0. The van der Waals surface area contributed by atoms with E-state index >= 15 is 0 Å². The molecule has 2 atom stereocenters. The second-order valence-corrected chi connectivity index (χ2v) is 7.82. The van der Waals surface area contributed by atoms with Gasteiger partial charge in [0.15, 0.2) is 0 Å². The van der Waals surface area contributed by atoms with Crippen LogP contribution in [0, 0.1) is 0 Å². The van der Waals surface area contributed by atoms with Gasteiger partial charge in [0.1, 0.15) is 0 Å². The van der Waals surface area contributed by atoms with E-state index in [4.69, 9.17) is 5.73 Å². The first-order chi connectivity index (χ1) is 9.34. The van der Waals surface area contributed by atoms with E-state index in [-0.39, 0.29) is 12.1 Å². The fraction of sp³-hybridized carbons (Fsp3) is 0.571. The monoisotopic (exact) mass is 316 g/mol. The summed E-state index contributed by atoms with van der Waals surface area (Å²) < 4.78 is 26.6. The minimum Gasteiger partial charge on any atom is -0.324 e. The Morgan fingerprint density at radius 2 is 2.05 bits per heavy atom. The van der Waals surface area contributed by atoms with E-state index in [2.05, 4.69) is 0 Å². The molecule has 0 aliphatic heterocycles. The predicted octanol–water partition coefficient (Wildman–Crippen LogP) is 2.47. The predicted molar refractivity (Wildman–Crippen MR) is 86.5 cm³/mol. The fourth-order valence-corrected chi connectivity index (χ4v) is 4.11. The first-order valence-corrected chi connectivity index (χ1v) is 9.50. The Morgan fingerprint density at radius 3 is 2.60 bits per heavy atom. The Morgan fingerprint density at radius 1 is 1.40 bits per heavy atom. The summed E-state index contributed by atoms with van der Waals surface area (Å²) in [4.78, 5) is 0.314. The van der Waals surface area contributed by atoms with Crippen LogP contribution in [0.3, 0.4) is 0 Å². The largest absolute Gasteiger partial charge is 0.324 e. The molecule has 4 nitrogen and oxygen atoms in total. The van der Waals surface area contributed by atoms with E-state index in [1.807, 2.05) is 26.2 Å². The van der Waals surface area contributed by atoms with Crippen LogP contribution in [0.25, 0.3) is 0 Å². The second-order valence-electron chi connectivity index (χ2n) is 4.91. The van der Waals surface area contributed by atoms with Crippen LogP contribution < -0.4 is 5.73 Å². The molecule has 0 aliphatic carbocycles. The van der Waals surface area contributed by atoms with Crippen molar-refractivity contribution in [3.63, 3.8) is 0 Å². The van der Waals surface area contributed by atoms with Crippen molar-refractivity contribution in [2.45, 2.75) is 37.2 Å². The molecule has 0 fully saturated rings. The van der Waals surface area contributed by atoms with Crippen LogP contribution in [0.15, 0.2) is 29.2 Å². The highest BCUT2D eigenvalue weighted by molar-refractivity contribution is 7.98. The maximum atomic E-state index is 12.6. The average Bonchev–Trinajstić information content (AvgIpc) is 2.45. The molecule has 1 aromatic rings. The molecule has 1 rings (SSSR count). The third-order valence-electron chi connectivity index (χ3n) is 3.43. The first-order valence-electron chi connectivity index (χ1n) is 6.67. The highest BCUT2D eigenvalue weighted by Gasteiger charge is 2.25. The van der Waals surface area contributed by atoms with Gasteiger partial charge in [0.05, 0.1) is 4.90 Å². The van der Waals surface area contributed by atoms with Crippen LogP contribution in [0.5, 0.6) is 0 Å². The normalized spacial score (nSPS) is 15.3. The van der Waals surface area contributed by atoms with E-state index in [9.17, 15) is 8.42 Å². The molecular weight excluding hydrogens is 292 g/mol. The number of nitrogens with zero attached hydrogens (tertiary/aromatic N) is 1. The number of sulfonamides is 1.